The minimum atomic E-state index is 0.209. The molecule has 0 N–H and O–H groups in total. The predicted octanol–water partition coefficient (Wildman–Crippen LogP) is 1.34. The molecule has 1 aliphatic rings. The van der Waals surface area contributed by atoms with E-state index in [1.807, 2.05) is 4.90 Å². The molecule has 0 bridgehead atoms. The van der Waals surface area contributed by atoms with Crippen LogP contribution in [0.3, 0.4) is 0 Å². The van der Waals surface area contributed by atoms with Crippen LogP contribution in [0.25, 0.3) is 0 Å². The van der Waals surface area contributed by atoms with Crippen LogP contribution in [0.1, 0.15) is 34.1 Å². The highest BCUT2D eigenvalue weighted by Gasteiger charge is 2.30. The first kappa shape index (κ1) is 11.5. The first-order chi connectivity index (χ1) is 6.56. The highest BCUT2D eigenvalue weighted by molar-refractivity contribution is 5.74. The summed E-state index contributed by atoms with van der Waals surface area (Å²) in [5, 5.41) is 0. The van der Waals surface area contributed by atoms with Gasteiger partial charge in [-0.25, -0.2) is 0 Å². The predicted molar refractivity (Wildman–Crippen MR) is 58.2 cm³/mol. The highest BCUT2D eigenvalue weighted by atomic mass is 16.2. The number of carbonyl (C=O) groups is 1. The Balaban J connectivity index is 2.58. The van der Waals surface area contributed by atoms with Crippen LogP contribution in [0.2, 0.25) is 0 Å². The van der Waals surface area contributed by atoms with Gasteiger partial charge < -0.3 is 4.90 Å². The quantitative estimate of drug-likeness (QED) is 0.668. The Morgan fingerprint density at radius 3 is 2.14 bits per heavy atom. The Kier molecular flexibility index (Phi) is 3.93. The summed E-state index contributed by atoms with van der Waals surface area (Å²) >= 11 is 0. The summed E-state index contributed by atoms with van der Waals surface area (Å²) in [6.45, 7) is 11.4. The molecular formula is C11H22N2O. The van der Waals surface area contributed by atoms with Crippen molar-refractivity contribution < 1.29 is 4.79 Å². The van der Waals surface area contributed by atoms with E-state index >= 15 is 0 Å². The van der Waals surface area contributed by atoms with Gasteiger partial charge in [0.15, 0.2) is 0 Å². The van der Waals surface area contributed by atoms with E-state index in [4.69, 9.17) is 0 Å². The van der Waals surface area contributed by atoms with Gasteiger partial charge in [-0.05, 0) is 26.8 Å². The van der Waals surface area contributed by atoms with E-state index in [1.54, 1.807) is 6.92 Å². The molecule has 1 amide bonds. The number of carbonyl (C=O) groups excluding carboxylic acids is 1. The van der Waals surface area contributed by atoms with Crippen molar-refractivity contribution in [2.75, 3.05) is 19.6 Å². The summed E-state index contributed by atoms with van der Waals surface area (Å²) in [6.07, 6.45) is 1.19. The maximum absolute atomic E-state index is 11.4. The Hall–Kier alpha value is -0.570. The minimum absolute atomic E-state index is 0.209. The van der Waals surface area contributed by atoms with Gasteiger partial charge in [0.2, 0.25) is 5.91 Å². The largest absolute Gasteiger partial charge is 0.335 e. The van der Waals surface area contributed by atoms with E-state index in [0.717, 1.165) is 19.6 Å². The van der Waals surface area contributed by atoms with Crippen LogP contribution in [-0.2, 0) is 4.79 Å². The van der Waals surface area contributed by atoms with Crippen molar-refractivity contribution in [1.82, 2.24) is 9.80 Å². The molecule has 82 valence electrons. The first-order valence-electron chi connectivity index (χ1n) is 5.57. The van der Waals surface area contributed by atoms with Gasteiger partial charge in [0.05, 0.1) is 0 Å². The molecule has 0 aromatic heterocycles. The second-order valence-electron chi connectivity index (χ2n) is 4.38. The summed E-state index contributed by atoms with van der Waals surface area (Å²) in [6, 6.07) is 0.727. The van der Waals surface area contributed by atoms with Crippen molar-refractivity contribution in [1.29, 1.82) is 0 Å². The van der Waals surface area contributed by atoms with Crippen LogP contribution in [0.15, 0.2) is 0 Å². The number of amides is 1. The molecule has 0 aromatic carbocycles. The van der Waals surface area contributed by atoms with E-state index in [-0.39, 0.29) is 5.91 Å². The lowest BCUT2D eigenvalue weighted by atomic mass is 10.1. The Morgan fingerprint density at radius 1 is 1.29 bits per heavy atom. The van der Waals surface area contributed by atoms with Gasteiger partial charge in [0, 0.05) is 32.1 Å². The molecule has 0 aliphatic carbocycles. The Bertz CT molecular complexity index is 193. The van der Waals surface area contributed by atoms with Crippen molar-refractivity contribution >= 4 is 5.91 Å². The molecule has 2 atom stereocenters. The second kappa shape index (κ2) is 4.78. The standard InChI is InChI=1S/C11H22N2O/c1-5-6-12-7-9(2)13(11(4)14)10(3)8-12/h9-10H,5-8H2,1-4H3. The minimum Gasteiger partial charge on any atom is -0.335 e. The summed E-state index contributed by atoms with van der Waals surface area (Å²) < 4.78 is 0. The van der Waals surface area contributed by atoms with Crippen molar-refractivity contribution in [2.45, 2.75) is 46.2 Å². The van der Waals surface area contributed by atoms with Gasteiger partial charge in [-0.2, -0.15) is 0 Å². The molecule has 3 nitrogen and oxygen atoms in total. The van der Waals surface area contributed by atoms with Crippen LogP contribution in [0.5, 0.6) is 0 Å². The number of nitrogens with zero attached hydrogens (tertiary/aromatic N) is 2. The average Bonchev–Trinajstić information content (AvgIpc) is 2.01. The lowest BCUT2D eigenvalue weighted by molar-refractivity contribution is -0.136. The lowest BCUT2D eigenvalue weighted by Crippen LogP contribution is -2.58. The molecule has 2 unspecified atom stereocenters. The maximum Gasteiger partial charge on any atom is 0.220 e. The molecule has 0 radical (unpaired) electrons. The molecule has 1 rings (SSSR count). The third-order valence-electron chi connectivity index (χ3n) is 2.90. The van der Waals surface area contributed by atoms with E-state index in [9.17, 15) is 4.79 Å². The zero-order valence-electron chi connectivity index (χ0n) is 9.79. The zero-order chi connectivity index (χ0) is 10.7. The normalized spacial score (nSPS) is 29.3. The van der Waals surface area contributed by atoms with Crippen LogP contribution in [-0.4, -0.2) is 47.4 Å². The molecule has 0 aromatic rings. The maximum atomic E-state index is 11.4. The SMILES string of the molecule is CCCN1CC(C)N(C(C)=O)C(C)C1. The Morgan fingerprint density at radius 2 is 1.79 bits per heavy atom. The van der Waals surface area contributed by atoms with Crippen molar-refractivity contribution in [3.8, 4) is 0 Å². The van der Waals surface area contributed by atoms with Gasteiger partial charge in [0.1, 0.15) is 0 Å². The van der Waals surface area contributed by atoms with Gasteiger partial charge in [-0.1, -0.05) is 6.92 Å². The highest BCUT2D eigenvalue weighted by Crippen LogP contribution is 2.15. The van der Waals surface area contributed by atoms with Gasteiger partial charge in [-0.3, -0.25) is 9.69 Å². The summed E-state index contributed by atoms with van der Waals surface area (Å²) in [7, 11) is 0. The lowest BCUT2D eigenvalue weighted by Gasteiger charge is -2.44. The molecule has 1 heterocycles. The molecule has 1 aliphatic heterocycles. The molecule has 1 fully saturated rings. The fraction of sp³-hybridized carbons (Fsp3) is 0.909. The molecule has 1 saturated heterocycles. The number of piperazine rings is 1. The first-order valence-corrected chi connectivity index (χ1v) is 5.57. The summed E-state index contributed by atoms with van der Waals surface area (Å²) in [4.78, 5) is 15.9. The third-order valence-corrected chi connectivity index (χ3v) is 2.90. The summed E-state index contributed by atoms with van der Waals surface area (Å²) in [5.74, 6) is 0.209. The fourth-order valence-corrected chi connectivity index (χ4v) is 2.55. The van der Waals surface area contributed by atoms with Crippen molar-refractivity contribution in [3.63, 3.8) is 0 Å². The molecule has 0 spiro atoms. The van der Waals surface area contributed by atoms with Gasteiger partial charge in [-0.15, -0.1) is 0 Å². The van der Waals surface area contributed by atoms with E-state index in [2.05, 4.69) is 25.7 Å². The van der Waals surface area contributed by atoms with Crippen LogP contribution >= 0.6 is 0 Å². The van der Waals surface area contributed by atoms with Gasteiger partial charge in [0.25, 0.3) is 0 Å². The summed E-state index contributed by atoms with van der Waals surface area (Å²) in [5.41, 5.74) is 0. The van der Waals surface area contributed by atoms with E-state index in [1.165, 1.54) is 6.42 Å². The average molecular weight is 198 g/mol. The van der Waals surface area contributed by atoms with Crippen LogP contribution < -0.4 is 0 Å². The topological polar surface area (TPSA) is 23.6 Å². The molecule has 0 saturated carbocycles. The van der Waals surface area contributed by atoms with E-state index in [0.29, 0.717) is 12.1 Å². The van der Waals surface area contributed by atoms with Crippen LogP contribution in [0.4, 0.5) is 0 Å². The fourth-order valence-electron chi connectivity index (χ4n) is 2.55. The van der Waals surface area contributed by atoms with Gasteiger partial charge >= 0.3 is 0 Å². The number of rotatable bonds is 2. The van der Waals surface area contributed by atoms with Crippen molar-refractivity contribution in [2.24, 2.45) is 0 Å². The smallest absolute Gasteiger partial charge is 0.220 e. The molecular weight excluding hydrogens is 176 g/mol. The van der Waals surface area contributed by atoms with E-state index < -0.39 is 0 Å². The molecule has 14 heavy (non-hydrogen) atoms. The number of hydrogen-bond acceptors (Lipinski definition) is 2. The molecule has 3 heteroatoms. The zero-order valence-corrected chi connectivity index (χ0v) is 9.79. The Labute approximate surface area is 87.1 Å². The van der Waals surface area contributed by atoms with Crippen molar-refractivity contribution in [3.05, 3.63) is 0 Å². The monoisotopic (exact) mass is 198 g/mol. The third kappa shape index (κ3) is 2.47. The second-order valence-corrected chi connectivity index (χ2v) is 4.38. The number of hydrogen-bond donors (Lipinski definition) is 0. The van der Waals surface area contributed by atoms with Crippen LogP contribution in [0, 0.1) is 0 Å².